The lowest BCUT2D eigenvalue weighted by atomic mass is 9.96. The summed E-state index contributed by atoms with van der Waals surface area (Å²) in [6, 6.07) is 14.3. The van der Waals surface area contributed by atoms with Gasteiger partial charge in [-0.15, -0.1) is 0 Å². The average molecular weight is 476 g/mol. The molecule has 0 aliphatic heterocycles. The Morgan fingerprint density at radius 2 is 1.74 bits per heavy atom. The van der Waals surface area contributed by atoms with E-state index in [4.69, 9.17) is 0 Å². The van der Waals surface area contributed by atoms with Gasteiger partial charge in [0.2, 0.25) is 0 Å². The SMILES string of the molecule is CC(C)(C)Cn1c(=O)c(C(=O)Nc2ccc(I)cc2)c(O)c2ccccc21. The van der Waals surface area contributed by atoms with Crippen LogP contribution in [0.25, 0.3) is 10.9 Å². The van der Waals surface area contributed by atoms with E-state index in [-0.39, 0.29) is 16.7 Å². The van der Waals surface area contributed by atoms with E-state index in [1.54, 1.807) is 34.9 Å². The molecule has 5 nitrogen and oxygen atoms in total. The number of nitrogens with zero attached hydrogens (tertiary/aromatic N) is 1. The summed E-state index contributed by atoms with van der Waals surface area (Å²) in [5.74, 6) is -0.907. The molecular weight excluding hydrogens is 455 g/mol. The van der Waals surface area contributed by atoms with E-state index in [2.05, 4.69) is 27.9 Å². The molecule has 140 valence electrons. The number of aromatic hydroxyl groups is 1. The first kappa shape index (κ1) is 19.4. The van der Waals surface area contributed by atoms with Gasteiger partial charge in [-0.2, -0.15) is 0 Å². The van der Waals surface area contributed by atoms with Gasteiger partial charge in [-0.1, -0.05) is 32.9 Å². The fraction of sp³-hybridized carbons (Fsp3) is 0.238. The summed E-state index contributed by atoms with van der Waals surface area (Å²) in [5, 5.41) is 13.9. The predicted octanol–water partition coefficient (Wildman–Crippen LogP) is 4.61. The van der Waals surface area contributed by atoms with Crippen molar-refractivity contribution in [3.63, 3.8) is 0 Å². The first-order valence-electron chi connectivity index (χ1n) is 8.59. The van der Waals surface area contributed by atoms with Crippen LogP contribution in [-0.2, 0) is 6.54 Å². The van der Waals surface area contributed by atoms with Gasteiger partial charge in [-0.25, -0.2) is 0 Å². The van der Waals surface area contributed by atoms with Gasteiger partial charge in [-0.3, -0.25) is 9.59 Å². The second-order valence-corrected chi connectivity index (χ2v) is 8.90. The zero-order valence-electron chi connectivity index (χ0n) is 15.4. The zero-order valence-corrected chi connectivity index (χ0v) is 17.6. The molecule has 1 heterocycles. The Kier molecular flexibility index (Phi) is 5.28. The molecule has 0 spiro atoms. The number of hydrogen-bond donors (Lipinski definition) is 2. The van der Waals surface area contributed by atoms with Crippen LogP contribution in [0.5, 0.6) is 5.75 Å². The first-order chi connectivity index (χ1) is 12.7. The van der Waals surface area contributed by atoms with Gasteiger partial charge in [0.1, 0.15) is 11.3 Å². The third-order valence-electron chi connectivity index (χ3n) is 4.11. The highest BCUT2D eigenvalue weighted by molar-refractivity contribution is 14.1. The van der Waals surface area contributed by atoms with Crippen molar-refractivity contribution in [2.45, 2.75) is 27.3 Å². The van der Waals surface area contributed by atoms with Crippen LogP contribution in [-0.4, -0.2) is 15.6 Å². The van der Waals surface area contributed by atoms with E-state index in [0.29, 0.717) is 23.1 Å². The van der Waals surface area contributed by atoms with Crippen molar-refractivity contribution in [3.05, 3.63) is 68.0 Å². The van der Waals surface area contributed by atoms with Crippen molar-refractivity contribution in [1.82, 2.24) is 4.57 Å². The summed E-state index contributed by atoms with van der Waals surface area (Å²) in [6.45, 7) is 6.49. The molecule has 0 saturated carbocycles. The lowest BCUT2D eigenvalue weighted by Crippen LogP contribution is -2.33. The minimum absolute atomic E-state index is 0.173. The second-order valence-electron chi connectivity index (χ2n) is 7.65. The van der Waals surface area contributed by atoms with Crippen LogP contribution >= 0.6 is 22.6 Å². The van der Waals surface area contributed by atoms with E-state index in [1.165, 1.54) is 0 Å². The van der Waals surface area contributed by atoms with Crippen LogP contribution in [0.1, 0.15) is 31.1 Å². The summed E-state index contributed by atoms with van der Waals surface area (Å²) in [4.78, 5) is 25.9. The van der Waals surface area contributed by atoms with Crippen LogP contribution in [0.15, 0.2) is 53.3 Å². The van der Waals surface area contributed by atoms with Crippen molar-refractivity contribution in [2.75, 3.05) is 5.32 Å². The quantitative estimate of drug-likeness (QED) is 0.543. The molecule has 0 saturated heterocycles. The molecule has 27 heavy (non-hydrogen) atoms. The van der Waals surface area contributed by atoms with Gasteiger partial charge in [0, 0.05) is 21.2 Å². The molecule has 6 heteroatoms. The van der Waals surface area contributed by atoms with E-state index in [0.717, 1.165) is 3.57 Å². The Morgan fingerprint density at radius 3 is 2.37 bits per heavy atom. The smallest absolute Gasteiger partial charge is 0.267 e. The Bertz CT molecular complexity index is 1060. The number of benzene rings is 2. The summed E-state index contributed by atoms with van der Waals surface area (Å²) >= 11 is 2.17. The maximum atomic E-state index is 13.1. The van der Waals surface area contributed by atoms with Crippen molar-refractivity contribution < 1.29 is 9.90 Å². The fourth-order valence-corrected chi connectivity index (χ4v) is 3.31. The van der Waals surface area contributed by atoms with Crippen LogP contribution < -0.4 is 10.9 Å². The van der Waals surface area contributed by atoms with E-state index >= 15 is 0 Å². The van der Waals surface area contributed by atoms with Gasteiger partial charge in [-0.05, 0) is 64.4 Å². The fourth-order valence-electron chi connectivity index (χ4n) is 2.95. The molecule has 2 aromatic carbocycles. The molecule has 0 bridgehead atoms. The number of hydrogen-bond acceptors (Lipinski definition) is 3. The van der Waals surface area contributed by atoms with Crippen molar-refractivity contribution >= 4 is 45.1 Å². The number of anilines is 1. The van der Waals surface area contributed by atoms with Crippen molar-refractivity contribution in [1.29, 1.82) is 0 Å². The number of rotatable bonds is 3. The molecule has 3 aromatic rings. The standard InChI is InChI=1S/C21H21IN2O3/c1-21(2,3)12-24-16-7-5-4-6-15(16)18(25)17(20(24)27)19(26)23-14-10-8-13(22)9-11-14/h4-11,25H,12H2,1-3H3,(H,23,26). The highest BCUT2D eigenvalue weighted by atomic mass is 127. The number of para-hydroxylation sites is 1. The van der Waals surface area contributed by atoms with Gasteiger partial charge in [0.25, 0.3) is 11.5 Å². The summed E-state index contributed by atoms with van der Waals surface area (Å²) < 4.78 is 2.60. The van der Waals surface area contributed by atoms with Crippen molar-refractivity contribution in [3.8, 4) is 5.75 Å². The molecule has 1 amide bonds. The predicted molar refractivity (Wildman–Crippen MR) is 116 cm³/mol. The average Bonchev–Trinajstić information content (AvgIpc) is 2.60. The monoisotopic (exact) mass is 476 g/mol. The van der Waals surface area contributed by atoms with Gasteiger partial charge >= 0.3 is 0 Å². The largest absolute Gasteiger partial charge is 0.506 e. The van der Waals surface area contributed by atoms with E-state index in [9.17, 15) is 14.7 Å². The molecule has 3 rings (SSSR count). The molecule has 0 aliphatic rings. The minimum atomic E-state index is -0.618. The third kappa shape index (κ3) is 4.16. The zero-order chi connectivity index (χ0) is 19.8. The Hall–Kier alpha value is -2.35. The molecule has 0 atom stereocenters. The Morgan fingerprint density at radius 1 is 1.11 bits per heavy atom. The van der Waals surface area contributed by atoms with Gasteiger partial charge in [0.15, 0.2) is 0 Å². The molecule has 2 N–H and O–H groups in total. The first-order valence-corrected chi connectivity index (χ1v) is 9.67. The number of nitrogens with one attached hydrogen (secondary N) is 1. The van der Waals surface area contributed by atoms with Gasteiger partial charge < -0.3 is 15.0 Å². The molecule has 0 aliphatic carbocycles. The van der Waals surface area contributed by atoms with E-state index in [1.807, 2.05) is 39.0 Å². The van der Waals surface area contributed by atoms with E-state index < -0.39 is 11.5 Å². The number of amides is 1. The highest BCUT2D eigenvalue weighted by Crippen LogP contribution is 2.28. The number of halogens is 1. The third-order valence-corrected chi connectivity index (χ3v) is 4.83. The summed E-state index contributed by atoms with van der Waals surface area (Å²) in [6.07, 6.45) is 0. The molecule has 0 unspecified atom stereocenters. The molecule has 0 radical (unpaired) electrons. The lowest BCUT2D eigenvalue weighted by molar-refractivity contribution is 0.102. The number of fused-ring (bicyclic) bond motifs is 1. The highest BCUT2D eigenvalue weighted by Gasteiger charge is 2.24. The van der Waals surface area contributed by atoms with Crippen LogP contribution in [0.2, 0.25) is 0 Å². The van der Waals surface area contributed by atoms with Gasteiger partial charge in [0.05, 0.1) is 5.52 Å². The Labute approximate surface area is 171 Å². The number of carbonyl (C=O) groups is 1. The minimum Gasteiger partial charge on any atom is -0.506 e. The summed E-state index contributed by atoms with van der Waals surface area (Å²) in [7, 11) is 0. The Balaban J connectivity index is 2.16. The maximum absolute atomic E-state index is 13.1. The van der Waals surface area contributed by atoms with Crippen LogP contribution in [0.3, 0.4) is 0 Å². The second kappa shape index (κ2) is 7.34. The van der Waals surface area contributed by atoms with Crippen molar-refractivity contribution in [2.24, 2.45) is 5.41 Å². The molecule has 0 fully saturated rings. The normalized spacial score (nSPS) is 11.6. The molecule has 1 aromatic heterocycles. The maximum Gasteiger partial charge on any atom is 0.267 e. The number of pyridine rings is 1. The lowest BCUT2D eigenvalue weighted by Gasteiger charge is -2.22. The number of aromatic nitrogens is 1. The number of carbonyl (C=O) groups excluding carboxylic acids is 1. The topological polar surface area (TPSA) is 71.3 Å². The van der Waals surface area contributed by atoms with Crippen LogP contribution in [0, 0.1) is 8.99 Å². The molecular formula is C21H21IN2O3. The summed E-state index contributed by atoms with van der Waals surface area (Å²) in [5.41, 5.74) is 0.268. The van der Waals surface area contributed by atoms with Crippen LogP contribution in [0.4, 0.5) is 5.69 Å².